The lowest BCUT2D eigenvalue weighted by molar-refractivity contribution is -0.143. The fourth-order valence-electron chi connectivity index (χ4n) is 1.16. The molecule has 1 unspecified atom stereocenters. The molecule has 0 aliphatic carbocycles. The molecule has 84 valence electrons. The third kappa shape index (κ3) is 7.25. The molecule has 0 spiro atoms. The van der Waals surface area contributed by atoms with Crippen molar-refractivity contribution in [3.8, 4) is 0 Å². The second kappa shape index (κ2) is 9.38. The second-order valence-electron chi connectivity index (χ2n) is 3.56. The average molecular weight is 218 g/mol. The van der Waals surface area contributed by atoms with E-state index in [1.54, 1.807) is 0 Å². The highest BCUT2D eigenvalue weighted by molar-refractivity contribution is 7.99. The zero-order chi connectivity index (χ0) is 10.8. The van der Waals surface area contributed by atoms with Crippen molar-refractivity contribution in [2.75, 3.05) is 18.6 Å². The zero-order valence-electron chi connectivity index (χ0n) is 9.54. The van der Waals surface area contributed by atoms with E-state index in [9.17, 15) is 4.79 Å². The Kier molecular flexibility index (Phi) is 9.26. The first-order valence-electron chi connectivity index (χ1n) is 5.38. The minimum atomic E-state index is -0.0916. The van der Waals surface area contributed by atoms with Gasteiger partial charge in [0.25, 0.3) is 0 Å². The number of carbonyl (C=O) groups is 1. The van der Waals surface area contributed by atoms with Crippen molar-refractivity contribution in [1.29, 1.82) is 0 Å². The first kappa shape index (κ1) is 13.8. The van der Waals surface area contributed by atoms with Crippen molar-refractivity contribution in [3.05, 3.63) is 0 Å². The van der Waals surface area contributed by atoms with Crippen LogP contribution in [0.5, 0.6) is 0 Å². The number of hydrogen-bond donors (Lipinski definition) is 0. The van der Waals surface area contributed by atoms with Gasteiger partial charge in [0.15, 0.2) is 0 Å². The summed E-state index contributed by atoms with van der Waals surface area (Å²) in [7, 11) is 1.45. The van der Waals surface area contributed by atoms with Crippen LogP contribution in [0.2, 0.25) is 0 Å². The zero-order valence-corrected chi connectivity index (χ0v) is 10.4. The van der Waals surface area contributed by atoms with Gasteiger partial charge in [-0.2, -0.15) is 11.8 Å². The summed E-state index contributed by atoms with van der Waals surface area (Å²) in [6, 6.07) is 0. The van der Waals surface area contributed by atoms with Gasteiger partial charge in [-0.3, -0.25) is 4.79 Å². The molecular weight excluding hydrogens is 196 g/mol. The number of hydrogen-bond acceptors (Lipinski definition) is 3. The van der Waals surface area contributed by atoms with Gasteiger partial charge in [-0.15, -0.1) is 0 Å². The Balaban J connectivity index is 3.23. The first-order chi connectivity index (χ1) is 6.72. The molecule has 0 amide bonds. The summed E-state index contributed by atoms with van der Waals surface area (Å²) in [5.41, 5.74) is 0. The number of ether oxygens (including phenoxy) is 1. The highest BCUT2D eigenvalue weighted by atomic mass is 32.2. The van der Waals surface area contributed by atoms with E-state index in [1.807, 2.05) is 18.7 Å². The topological polar surface area (TPSA) is 26.3 Å². The van der Waals surface area contributed by atoms with Crippen LogP contribution in [-0.4, -0.2) is 24.6 Å². The van der Waals surface area contributed by atoms with Crippen LogP contribution in [0.1, 0.15) is 39.5 Å². The molecule has 0 N–H and O–H groups in total. The Morgan fingerprint density at radius 1 is 1.36 bits per heavy atom. The molecule has 0 aromatic heterocycles. The lowest BCUT2D eigenvalue weighted by Gasteiger charge is -2.07. The smallest absolute Gasteiger partial charge is 0.309 e. The van der Waals surface area contributed by atoms with E-state index in [-0.39, 0.29) is 11.9 Å². The van der Waals surface area contributed by atoms with Crippen LogP contribution in [0.4, 0.5) is 0 Å². The Bertz CT molecular complexity index is 148. The molecule has 0 aliphatic heterocycles. The largest absolute Gasteiger partial charge is 0.469 e. The molecular formula is C11H22O2S. The fraction of sp³-hybridized carbons (Fsp3) is 0.909. The number of rotatable bonds is 8. The van der Waals surface area contributed by atoms with E-state index in [1.165, 1.54) is 38.5 Å². The number of carbonyl (C=O) groups excluding carboxylic acids is 1. The van der Waals surface area contributed by atoms with Gasteiger partial charge in [-0.25, -0.2) is 0 Å². The van der Waals surface area contributed by atoms with Crippen LogP contribution in [0.25, 0.3) is 0 Å². The van der Waals surface area contributed by atoms with Crippen LogP contribution < -0.4 is 0 Å². The van der Waals surface area contributed by atoms with Crippen molar-refractivity contribution in [3.63, 3.8) is 0 Å². The Hall–Kier alpha value is -0.180. The molecule has 0 heterocycles. The van der Waals surface area contributed by atoms with Crippen molar-refractivity contribution in [2.45, 2.75) is 39.5 Å². The third-order valence-electron chi connectivity index (χ3n) is 2.11. The molecule has 0 bridgehead atoms. The number of esters is 1. The minimum absolute atomic E-state index is 0.0381. The maximum Gasteiger partial charge on any atom is 0.309 e. The Labute approximate surface area is 91.8 Å². The van der Waals surface area contributed by atoms with Crippen LogP contribution in [-0.2, 0) is 9.53 Å². The quantitative estimate of drug-likeness (QED) is 0.462. The van der Waals surface area contributed by atoms with Crippen LogP contribution in [0, 0.1) is 5.92 Å². The average Bonchev–Trinajstić information content (AvgIpc) is 2.21. The van der Waals surface area contributed by atoms with E-state index in [0.29, 0.717) is 0 Å². The Morgan fingerprint density at radius 3 is 2.64 bits per heavy atom. The van der Waals surface area contributed by atoms with E-state index >= 15 is 0 Å². The van der Waals surface area contributed by atoms with E-state index < -0.39 is 0 Å². The normalized spacial score (nSPS) is 12.5. The van der Waals surface area contributed by atoms with Crippen molar-refractivity contribution < 1.29 is 9.53 Å². The molecule has 0 saturated carbocycles. The molecule has 0 aliphatic rings. The maximum absolute atomic E-state index is 11.0. The lowest BCUT2D eigenvalue weighted by atomic mass is 10.2. The van der Waals surface area contributed by atoms with Crippen LogP contribution in [0.15, 0.2) is 0 Å². The summed E-state index contributed by atoms with van der Waals surface area (Å²) >= 11 is 1.85. The number of methoxy groups -OCH3 is 1. The van der Waals surface area contributed by atoms with Gasteiger partial charge in [0.2, 0.25) is 0 Å². The maximum atomic E-state index is 11.0. The molecule has 0 radical (unpaired) electrons. The molecule has 0 saturated heterocycles. The number of unbranched alkanes of at least 4 members (excludes halogenated alkanes) is 3. The summed E-state index contributed by atoms with van der Waals surface area (Å²) in [6.07, 6.45) is 5.19. The molecule has 0 fully saturated rings. The SMILES string of the molecule is CCCCCCSCC(C)C(=O)OC. The van der Waals surface area contributed by atoms with E-state index in [2.05, 4.69) is 11.7 Å². The molecule has 0 aromatic carbocycles. The summed E-state index contributed by atoms with van der Waals surface area (Å²) < 4.78 is 4.66. The molecule has 1 atom stereocenters. The molecule has 14 heavy (non-hydrogen) atoms. The third-order valence-corrected chi connectivity index (χ3v) is 3.43. The number of thioether (sulfide) groups is 1. The van der Waals surface area contributed by atoms with Gasteiger partial charge in [0.1, 0.15) is 0 Å². The van der Waals surface area contributed by atoms with Gasteiger partial charge in [-0.1, -0.05) is 33.1 Å². The van der Waals surface area contributed by atoms with E-state index in [0.717, 1.165) is 5.75 Å². The van der Waals surface area contributed by atoms with Crippen molar-refractivity contribution in [1.82, 2.24) is 0 Å². The Morgan fingerprint density at radius 2 is 2.07 bits per heavy atom. The van der Waals surface area contributed by atoms with Gasteiger partial charge in [-0.05, 0) is 12.2 Å². The predicted octanol–water partition coefficient (Wildman–Crippen LogP) is 3.11. The van der Waals surface area contributed by atoms with Gasteiger partial charge in [0.05, 0.1) is 13.0 Å². The molecule has 0 aromatic rings. The molecule has 0 rings (SSSR count). The van der Waals surface area contributed by atoms with Crippen LogP contribution in [0.3, 0.4) is 0 Å². The second-order valence-corrected chi connectivity index (χ2v) is 4.71. The van der Waals surface area contributed by atoms with Gasteiger partial charge < -0.3 is 4.74 Å². The monoisotopic (exact) mass is 218 g/mol. The molecule has 2 nitrogen and oxygen atoms in total. The van der Waals surface area contributed by atoms with Crippen LogP contribution >= 0.6 is 11.8 Å². The van der Waals surface area contributed by atoms with E-state index in [4.69, 9.17) is 0 Å². The highest BCUT2D eigenvalue weighted by Crippen LogP contribution is 2.12. The van der Waals surface area contributed by atoms with Crippen molar-refractivity contribution in [2.24, 2.45) is 5.92 Å². The highest BCUT2D eigenvalue weighted by Gasteiger charge is 2.11. The fourth-order valence-corrected chi connectivity index (χ4v) is 2.22. The summed E-state index contributed by atoms with van der Waals surface area (Å²) in [5, 5.41) is 0. The van der Waals surface area contributed by atoms with Crippen molar-refractivity contribution >= 4 is 17.7 Å². The predicted molar refractivity (Wildman–Crippen MR) is 62.6 cm³/mol. The lowest BCUT2D eigenvalue weighted by Crippen LogP contribution is -2.15. The first-order valence-corrected chi connectivity index (χ1v) is 6.53. The standard InChI is InChI=1S/C11H22O2S/c1-4-5-6-7-8-14-9-10(2)11(12)13-3/h10H,4-9H2,1-3H3. The summed E-state index contributed by atoms with van der Waals surface area (Å²) in [4.78, 5) is 11.0. The molecule has 3 heteroatoms. The van der Waals surface area contributed by atoms with Gasteiger partial charge in [0, 0.05) is 5.75 Å². The van der Waals surface area contributed by atoms with Gasteiger partial charge >= 0.3 is 5.97 Å². The minimum Gasteiger partial charge on any atom is -0.469 e. The summed E-state index contributed by atoms with van der Waals surface area (Å²) in [6.45, 7) is 4.14. The summed E-state index contributed by atoms with van der Waals surface area (Å²) in [5.74, 6) is 2.00.